The number of aromatic nitrogens is 1. The quantitative estimate of drug-likeness (QED) is 0.354. The number of ether oxygens (including phenoxy) is 3. The third-order valence-corrected chi connectivity index (χ3v) is 7.04. The van der Waals surface area contributed by atoms with Gasteiger partial charge in [-0.05, 0) is 54.2 Å². The van der Waals surface area contributed by atoms with Gasteiger partial charge in [0, 0.05) is 13.2 Å². The highest BCUT2D eigenvalue weighted by atomic mass is 32.1. The maximum atomic E-state index is 14.2. The van der Waals surface area contributed by atoms with Crippen molar-refractivity contribution < 1.29 is 28.6 Å². The van der Waals surface area contributed by atoms with Crippen LogP contribution in [0, 0.1) is 0 Å². The Kier molecular flexibility index (Phi) is 8.44. The lowest BCUT2D eigenvalue weighted by Gasteiger charge is -2.32. The standard InChI is InChI=1S/C26H29N5O6S/c1-35-16-11-9-15(10-12-16)22(25(33)29-14-17-6-5-13-37-17)31(18-7-3-4-8-19(18)36-2)26(34)23-20(27)21(24(28)32)30-38-23/h3-4,7-12,17,22H,5-6,13-14,27H2,1-2H3,(H2,28,32)(H,29,33)/t17-,22-/m1/s1. The van der Waals surface area contributed by atoms with E-state index in [-0.39, 0.29) is 28.9 Å². The smallest absolute Gasteiger partial charge is 0.273 e. The zero-order valence-electron chi connectivity index (χ0n) is 21.0. The lowest BCUT2D eigenvalue weighted by atomic mass is 10.0. The second-order valence-corrected chi connectivity index (χ2v) is 9.31. The van der Waals surface area contributed by atoms with Crippen molar-refractivity contribution >= 4 is 40.6 Å². The monoisotopic (exact) mass is 539 g/mol. The molecule has 2 heterocycles. The van der Waals surface area contributed by atoms with E-state index < -0.39 is 23.8 Å². The third kappa shape index (κ3) is 5.55. The van der Waals surface area contributed by atoms with Crippen molar-refractivity contribution in [3.8, 4) is 11.5 Å². The van der Waals surface area contributed by atoms with Gasteiger partial charge in [-0.1, -0.05) is 24.3 Å². The normalized spacial score (nSPS) is 15.5. The number of rotatable bonds is 10. The third-order valence-electron chi connectivity index (χ3n) is 6.19. The second-order valence-electron chi connectivity index (χ2n) is 8.54. The predicted molar refractivity (Wildman–Crippen MR) is 143 cm³/mol. The minimum absolute atomic E-state index is 0.0323. The summed E-state index contributed by atoms with van der Waals surface area (Å²) in [5, 5.41) is 2.94. The maximum absolute atomic E-state index is 14.2. The molecule has 1 aliphatic rings. The Morgan fingerprint density at radius 3 is 2.50 bits per heavy atom. The van der Waals surface area contributed by atoms with E-state index in [4.69, 9.17) is 25.7 Å². The number of carbonyl (C=O) groups excluding carboxylic acids is 3. The Balaban J connectivity index is 1.84. The summed E-state index contributed by atoms with van der Waals surface area (Å²) in [6.07, 6.45) is 1.64. The Bertz CT molecular complexity index is 1310. The average Bonchev–Trinajstić information content (AvgIpc) is 3.60. The molecule has 11 nitrogen and oxygen atoms in total. The highest BCUT2D eigenvalue weighted by molar-refractivity contribution is 7.09. The van der Waals surface area contributed by atoms with Gasteiger partial charge >= 0.3 is 0 Å². The Morgan fingerprint density at radius 1 is 1.16 bits per heavy atom. The first kappa shape index (κ1) is 26.9. The number of hydrogen-bond donors (Lipinski definition) is 3. The first-order valence-electron chi connectivity index (χ1n) is 11.9. The van der Waals surface area contributed by atoms with Crippen molar-refractivity contribution in [3.63, 3.8) is 0 Å². The number of anilines is 2. The fraction of sp³-hybridized carbons (Fsp3) is 0.308. The molecule has 3 amide bonds. The number of nitrogen functional groups attached to an aromatic ring is 1. The van der Waals surface area contributed by atoms with Crippen LogP contribution in [0.1, 0.15) is 44.6 Å². The summed E-state index contributed by atoms with van der Waals surface area (Å²) in [6, 6.07) is 12.5. The van der Waals surface area contributed by atoms with Crippen molar-refractivity contribution in [2.75, 3.05) is 38.0 Å². The van der Waals surface area contributed by atoms with Gasteiger partial charge in [0.25, 0.3) is 11.8 Å². The summed E-state index contributed by atoms with van der Waals surface area (Å²) in [6.45, 7) is 0.926. The summed E-state index contributed by atoms with van der Waals surface area (Å²) in [5.41, 5.74) is 12.0. The van der Waals surface area contributed by atoms with Crippen LogP contribution in [0.2, 0.25) is 0 Å². The van der Waals surface area contributed by atoms with E-state index in [0.717, 1.165) is 24.4 Å². The van der Waals surface area contributed by atoms with Crippen LogP contribution >= 0.6 is 11.5 Å². The Hall–Kier alpha value is -4.16. The zero-order valence-corrected chi connectivity index (χ0v) is 21.8. The highest BCUT2D eigenvalue weighted by Crippen LogP contribution is 2.38. The van der Waals surface area contributed by atoms with Crippen molar-refractivity contribution in [2.24, 2.45) is 5.73 Å². The van der Waals surface area contributed by atoms with E-state index in [1.165, 1.54) is 19.1 Å². The molecular formula is C26H29N5O6S. The molecule has 2 atom stereocenters. The Labute approximate surface area is 223 Å². The van der Waals surface area contributed by atoms with E-state index in [0.29, 0.717) is 29.4 Å². The topological polar surface area (TPSA) is 159 Å². The van der Waals surface area contributed by atoms with E-state index in [1.54, 1.807) is 48.5 Å². The van der Waals surface area contributed by atoms with Crippen LogP contribution in [0.15, 0.2) is 48.5 Å². The molecular weight excluding hydrogens is 510 g/mol. The number of benzene rings is 2. The number of primary amides is 1. The van der Waals surface area contributed by atoms with Crippen LogP contribution in [-0.2, 0) is 9.53 Å². The number of para-hydroxylation sites is 2. The Morgan fingerprint density at radius 2 is 1.89 bits per heavy atom. The van der Waals surface area contributed by atoms with Crippen LogP contribution in [0.4, 0.5) is 11.4 Å². The first-order valence-corrected chi connectivity index (χ1v) is 12.7. The average molecular weight is 540 g/mol. The zero-order chi connectivity index (χ0) is 27.2. The second kappa shape index (κ2) is 11.9. The number of methoxy groups -OCH3 is 2. The molecule has 0 radical (unpaired) electrons. The van der Waals surface area contributed by atoms with E-state index in [9.17, 15) is 14.4 Å². The molecule has 0 spiro atoms. The molecule has 1 fully saturated rings. The van der Waals surface area contributed by atoms with Gasteiger partial charge in [-0.25, -0.2) is 0 Å². The molecule has 12 heteroatoms. The van der Waals surface area contributed by atoms with Gasteiger partial charge < -0.3 is 31.0 Å². The molecule has 3 aromatic rings. The van der Waals surface area contributed by atoms with Gasteiger partial charge in [0.1, 0.15) is 22.4 Å². The summed E-state index contributed by atoms with van der Waals surface area (Å²) in [4.78, 5) is 41.1. The van der Waals surface area contributed by atoms with Gasteiger partial charge in [0.2, 0.25) is 5.91 Å². The van der Waals surface area contributed by atoms with Gasteiger partial charge in [-0.2, -0.15) is 4.37 Å². The van der Waals surface area contributed by atoms with Gasteiger partial charge in [-0.15, -0.1) is 0 Å². The maximum Gasteiger partial charge on any atom is 0.273 e. The van der Waals surface area contributed by atoms with Gasteiger partial charge in [-0.3, -0.25) is 19.3 Å². The minimum atomic E-state index is -1.15. The summed E-state index contributed by atoms with van der Waals surface area (Å²) < 4.78 is 20.5. The molecule has 200 valence electrons. The number of carbonyl (C=O) groups is 3. The van der Waals surface area contributed by atoms with Crippen molar-refractivity contribution in [1.82, 2.24) is 9.69 Å². The first-order chi connectivity index (χ1) is 18.3. The van der Waals surface area contributed by atoms with Gasteiger partial charge in [0.15, 0.2) is 5.69 Å². The number of nitrogens with one attached hydrogen (secondary N) is 1. The molecule has 1 aliphatic heterocycles. The van der Waals surface area contributed by atoms with E-state index in [2.05, 4.69) is 9.69 Å². The molecule has 1 aromatic heterocycles. The number of nitrogens with zero attached hydrogens (tertiary/aromatic N) is 2. The summed E-state index contributed by atoms with van der Waals surface area (Å²) in [5.74, 6) is -1.01. The molecule has 5 N–H and O–H groups in total. The lowest BCUT2D eigenvalue weighted by Crippen LogP contribution is -2.45. The van der Waals surface area contributed by atoms with E-state index >= 15 is 0 Å². The molecule has 0 saturated carbocycles. The van der Waals surface area contributed by atoms with Crippen LogP contribution in [-0.4, -0.2) is 55.6 Å². The van der Waals surface area contributed by atoms with Crippen molar-refractivity contribution in [1.29, 1.82) is 0 Å². The minimum Gasteiger partial charge on any atom is -0.497 e. The van der Waals surface area contributed by atoms with Crippen LogP contribution in [0.3, 0.4) is 0 Å². The van der Waals surface area contributed by atoms with E-state index in [1.807, 2.05) is 0 Å². The molecule has 0 bridgehead atoms. The largest absolute Gasteiger partial charge is 0.497 e. The number of nitrogens with two attached hydrogens (primary N) is 2. The van der Waals surface area contributed by atoms with Gasteiger partial charge in [0.05, 0.1) is 31.7 Å². The fourth-order valence-electron chi connectivity index (χ4n) is 4.25. The molecule has 4 rings (SSSR count). The van der Waals surface area contributed by atoms with Crippen LogP contribution in [0.25, 0.3) is 0 Å². The van der Waals surface area contributed by atoms with Crippen LogP contribution < -0.4 is 31.2 Å². The fourth-order valence-corrected chi connectivity index (χ4v) is 5.00. The molecule has 38 heavy (non-hydrogen) atoms. The number of amides is 3. The predicted octanol–water partition coefficient (Wildman–Crippen LogP) is 2.52. The molecule has 0 aliphatic carbocycles. The molecule has 1 saturated heterocycles. The van der Waals surface area contributed by atoms with Crippen molar-refractivity contribution in [2.45, 2.75) is 25.0 Å². The summed E-state index contributed by atoms with van der Waals surface area (Å²) >= 11 is 0.734. The molecule has 2 aromatic carbocycles. The van der Waals surface area contributed by atoms with Crippen molar-refractivity contribution in [3.05, 3.63) is 64.7 Å². The number of hydrogen-bond acceptors (Lipinski definition) is 9. The lowest BCUT2D eigenvalue weighted by molar-refractivity contribution is -0.123. The highest BCUT2D eigenvalue weighted by Gasteiger charge is 2.37. The molecule has 0 unspecified atom stereocenters. The SMILES string of the molecule is COc1ccc([C@H](C(=O)NC[C@H]2CCCO2)N(C(=O)c2snc(C(N)=O)c2N)c2ccccc2OC)cc1. The van der Waals surface area contributed by atoms with Crippen LogP contribution in [0.5, 0.6) is 11.5 Å². The summed E-state index contributed by atoms with van der Waals surface area (Å²) in [7, 11) is 3.00.